The first-order valence-electron chi connectivity index (χ1n) is 12.3. The van der Waals surface area contributed by atoms with Crippen LogP contribution in [0.5, 0.6) is 5.75 Å². The molecule has 2 atom stereocenters. The normalized spacial score (nSPS) is 23.1. The topological polar surface area (TPSA) is 93.5 Å². The Morgan fingerprint density at radius 3 is 2.86 bits per heavy atom. The number of nitrogens with zero attached hydrogens (tertiary/aromatic N) is 4. The first kappa shape index (κ1) is 24.2. The summed E-state index contributed by atoms with van der Waals surface area (Å²) in [5.41, 5.74) is 1.02. The standard InChI is InChI=1S/C25H27ClF2N6O3/c1-13-11-34(7-8-36-13)24-29-10-17(26)22(32-24)30-15-5-6-18-16(9-15)19-20(23(35)33(18)2)37-12-25(27,28)21(31-19)14-3-4-14/h5-6,9-10,13-14,21,31H,3-4,7-8,11-12H2,1-2H3,(H,29,30,32)/t13-,21?/m0/s1. The Balaban J connectivity index is 1.39. The molecule has 0 spiro atoms. The van der Waals surface area contributed by atoms with Crippen LogP contribution < -0.4 is 25.8 Å². The molecule has 3 aromatic rings. The average molecular weight is 533 g/mol. The second-order valence-electron chi connectivity index (χ2n) is 9.93. The van der Waals surface area contributed by atoms with Crippen LogP contribution in [-0.2, 0) is 11.8 Å². The van der Waals surface area contributed by atoms with Crippen molar-refractivity contribution >= 4 is 45.6 Å². The number of benzene rings is 1. The van der Waals surface area contributed by atoms with Crippen LogP contribution in [0.2, 0.25) is 5.02 Å². The van der Waals surface area contributed by atoms with Crippen LogP contribution in [0.3, 0.4) is 0 Å². The molecule has 1 saturated carbocycles. The number of hydrogen-bond donors (Lipinski definition) is 2. The first-order chi connectivity index (χ1) is 17.7. The third-order valence-electron chi connectivity index (χ3n) is 7.13. The van der Waals surface area contributed by atoms with Crippen molar-refractivity contribution in [3.8, 4) is 5.75 Å². The highest BCUT2D eigenvalue weighted by molar-refractivity contribution is 6.32. The molecule has 6 rings (SSSR count). The lowest BCUT2D eigenvalue weighted by atomic mass is 10.0. The molecule has 2 aromatic heterocycles. The maximum Gasteiger partial charge on any atom is 0.301 e. The van der Waals surface area contributed by atoms with Gasteiger partial charge in [-0.2, -0.15) is 4.98 Å². The summed E-state index contributed by atoms with van der Waals surface area (Å²) in [7, 11) is 1.60. The van der Waals surface area contributed by atoms with Crippen molar-refractivity contribution in [1.29, 1.82) is 0 Å². The number of halogens is 3. The monoisotopic (exact) mass is 532 g/mol. The summed E-state index contributed by atoms with van der Waals surface area (Å²) in [6.45, 7) is 3.07. The molecule has 0 amide bonds. The van der Waals surface area contributed by atoms with Gasteiger partial charge in [0.25, 0.3) is 5.56 Å². The molecular weight excluding hydrogens is 506 g/mol. The fourth-order valence-corrected chi connectivity index (χ4v) is 5.16. The number of ether oxygens (including phenoxy) is 2. The Morgan fingerprint density at radius 1 is 1.30 bits per heavy atom. The number of alkyl halides is 2. The van der Waals surface area contributed by atoms with E-state index in [1.807, 2.05) is 11.8 Å². The lowest BCUT2D eigenvalue weighted by Gasteiger charge is -2.31. The van der Waals surface area contributed by atoms with Gasteiger partial charge in [0.2, 0.25) is 11.7 Å². The van der Waals surface area contributed by atoms with Gasteiger partial charge in [0.05, 0.1) is 36.2 Å². The van der Waals surface area contributed by atoms with E-state index < -0.39 is 24.1 Å². The number of morpholine rings is 1. The molecule has 0 bridgehead atoms. The van der Waals surface area contributed by atoms with E-state index in [-0.39, 0.29) is 23.5 Å². The van der Waals surface area contributed by atoms with Gasteiger partial charge in [-0.15, -0.1) is 0 Å². The maximum absolute atomic E-state index is 14.9. The number of pyridine rings is 1. The van der Waals surface area contributed by atoms with E-state index in [0.717, 1.165) is 0 Å². The highest BCUT2D eigenvalue weighted by atomic mass is 35.5. The minimum Gasteiger partial charge on any atom is -0.480 e. The van der Waals surface area contributed by atoms with Gasteiger partial charge in [-0.1, -0.05) is 11.6 Å². The van der Waals surface area contributed by atoms with Crippen molar-refractivity contribution in [3.05, 3.63) is 39.8 Å². The minimum absolute atomic E-state index is 0.0633. The molecule has 2 aliphatic heterocycles. The summed E-state index contributed by atoms with van der Waals surface area (Å²) in [5.74, 6) is -2.42. The van der Waals surface area contributed by atoms with Crippen molar-refractivity contribution in [1.82, 2.24) is 14.5 Å². The zero-order valence-corrected chi connectivity index (χ0v) is 21.2. The van der Waals surface area contributed by atoms with Crippen molar-refractivity contribution in [2.75, 3.05) is 41.8 Å². The van der Waals surface area contributed by atoms with Crippen LogP contribution >= 0.6 is 11.6 Å². The number of aromatic nitrogens is 3. The zero-order chi connectivity index (χ0) is 25.9. The molecule has 1 unspecified atom stereocenters. The molecule has 2 fully saturated rings. The molecule has 1 aliphatic carbocycles. The van der Waals surface area contributed by atoms with Gasteiger partial charge in [0.1, 0.15) is 5.02 Å². The van der Waals surface area contributed by atoms with Gasteiger partial charge >= 0.3 is 5.92 Å². The van der Waals surface area contributed by atoms with Crippen molar-refractivity contribution in [3.63, 3.8) is 0 Å². The minimum atomic E-state index is -3.10. The Bertz CT molecular complexity index is 1430. The molecule has 3 aliphatic rings. The lowest BCUT2D eigenvalue weighted by molar-refractivity contribution is -0.0579. The predicted octanol–water partition coefficient (Wildman–Crippen LogP) is 4.17. The number of fused-ring (bicyclic) bond motifs is 3. The van der Waals surface area contributed by atoms with Crippen LogP contribution in [0.4, 0.5) is 31.9 Å². The molecule has 9 nitrogen and oxygen atoms in total. The number of aryl methyl sites for hydroxylation is 1. The van der Waals surface area contributed by atoms with Crippen molar-refractivity contribution in [2.24, 2.45) is 13.0 Å². The third-order valence-corrected chi connectivity index (χ3v) is 7.41. The molecule has 4 heterocycles. The summed E-state index contributed by atoms with van der Waals surface area (Å²) in [5, 5.41) is 7.14. The highest BCUT2D eigenvalue weighted by Crippen LogP contribution is 2.45. The van der Waals surface area contributed by atoms with E-state index >= 15 is 0 Å². The maximum atomic E-state index is 14.9. The summed E-state index contributed by atoms with van der Waals surface area (Å²) in [6, 6.07) is 4.23. The number of rotatable bonds is 4. The Hall–Kier alpha value is -3.18. The second-order valence-corrected chi connectivity index (χ2v) is 10.3. The van der Waals surface area contributed by atoms with E-state index in [9.17, 15) is 13.6 Å². The average Bonchev–Trinajstić information content (AvgIpc) is 3.71. The number of hydrogen-bond acceptors (Lipinski definition) is 8. The molecule has 2 N–H and O–H groups in total. The highest BCUT2D eigenvalue weighted by Gasteiger charge is 2.51. The van der Waals surface area contributed by atoms with Gasteiger partial charge in [-0.05, 0) is 43.9 Å². The van der Waals surface area contributed by atoms with E-state index in [1.54, 1.807) is 31.4 Å². The fraction of sp³-hybridized carbons (Fsp3) is 0.480. The zero-order valence-electron chi connectivity index (χ0n) is 20.4. The lowest BCUT2D eigenvalue weighted by Crippen LogP contribution is -2.44. The third kappa shape index (κ3) is 4.44. The molecule has 0 radical (unpaired) electrons. The first-order valence-corrected chi connectivity index (χ1v) is 12.7. The number of nitrogens with one attached hydrogen (secondary N) is 2. The molecule has 1 saturated heterocycles. The molecular formula is C25H27ClF2N6O3. The SMILES string of the molecule is C[C@H]1CN(c2ncc(Cl)c(Nc3ccc4c(c3)c3c(c(=O)n4C)OCC(F)(F)C(C4CC4)N3)n2)CCO1. The van der Waals surface area contributed by atoms with Crippen LogP contribution in [0.25, 0.3) is 10.9 Å². The molecule has 1 aromatic carbocycles. The second kappa shape index (κ2) is 8.98. The van der Waals surface area contributed by atoms with Crippen molar-refractivity contribution < 1.29 is 18.3 Å². The van der Waals surface area contributed by atoms with E-state index in [4.69, 9.17) is 21.1 Å². The van der Waals surface area contributed by atoms with Gasteiger partial charge in [-0.3, -0.25) is 4.79 Å². The Labute approximate surface area is 216 Å². The summed E-state index contributed by atoms with van der Waals surface area (Å²) < 4.78 is 42.2. The Kier molecular flexibility index (Phi) is 5.87. The Morgan fingerprint density at radius 2 is 2.11 bits per heavy atom. The summed E-state index contributed by atoms with van der Waals surface area (Å²) >= 11 is 6.42. The quantitative estimate of drug-likeness (QED) is 0.517. The number of anilines is 4. The summed E-state index contributed by atoms with van der Waals surface area (Å²) in [4.78, 5) is 24.0. The van der Waals surface area contributed by atoms with Gasteiger partial charge in [-0.25, -0.2) is 13.8 Å². The van der Waals surface area contributed by atoms with Crippen LogP contribution in [0.1, 0.15) is 19.8 Å². The smallest absolute Gasteiger partial charge is 0.301 e. The van der Waals surface area contributed by atoms with E-state index in [2.05, 4.69) is 20.6 Å². The fourth-order valence-electron chi connectivity index (χ4n) is 5.02. The predicted molar refractivity (Wildman–Crippen MR) is 138 cm³/mol. The van der Waals surface area contributed by atoms with Gasteiger partial charge < -0.3 is 29.6 Å². The summed E-state index contributed by atoms with van der Waals surface area (Å²) in [6.07, 6.45) is 3.04. The van der Waals surface area contributed by atoms with E-state index in [0.29, 0.717) is 65.9 Å². The molecule has 196 valence electrons. The van der Waals surface area contributed by atoms with Crippen LogP contribution in [-0.4, -0.2) is 58.9 Å². The van der Waals surface area contributed by atoms with Gasteiger partial charge in [0.15, 0.2) is 12.4 Å². The van der Waals surface area contributed by atoms with Crippen molar-refractivity contribution in [2.45, 2.75) is 37.8 Å². The molecule has 12 heteroatoms. The van der Waals surface area contributed by atoms with Crippen LogP contribution in [0.15, 0.2) is 29.2 Å². The van der Waals surface area contributed by atoms with E-state index in [1.165, 1.54) is 4.57 Å². The van der Waals surface area contributed by atoms with Gasteiger partial charge in [0, 0.05) is 31.2 Å². The largest absolute Gasteiger partial charge is 0.480 e. The van der Waals surface area contributed by atoms with Crippen LogP contribution in [0, 0.1) is 5.92 Å². The molecule has 37 heavy (non-hydrogen) atoms.